The van der Waals surface area contributed by atoms with E-state index in [1.807, 2.05) is 60.4 Å². The van der Waals surface area contributed by atoms with Crippen LogP contribution in [0, 0.1) is 12.8 Å². The van der Waals surface area contributed by atoms with Gasteiger partial charge in [-0.1, -0.05) is 29.8 Å². The highest BCUT2D eigenvalue weighted by atomic mass is 16.5. The van der Waals surface area contributed by atoms with Crippen LogP contribution in [-0.2, 0) is 20.9 Å². The standard InChI is InChI=1S/C26H28N6O4/c1-3-36-25(34)18-12-14-30(15-13-18)23-24-29-31(16-22(33)27-19-10-8-17(2)9-11-19)26(35)32(24)21-7-5-4-6-20(21)28-23/h4-11,18H,3,12-16H2,1-2H3,(H,27,33). The molecule has 10 nitrogen and oxygen atoms in total. The Morgan fingerprint density at radius 2 is 1.81 bits per heavy atom. The van der Waals surface area contributed by atoms with E-state index in [0.717, 1.165) is 5.56 Å². The molecule has 1 fully saturated rings. The third-order valence-electron chi connectivity index (χ3n) is 6.43. The van der Waals surface area contributed by atoms with Crippen LogP contribution >= 0.6 is 0 Å². The van der Waals surface area contributed by atoms with Crippen molar-refractivity contribution in [2.75, 3.05) is 29.9 Å². The van der Waals surface area contributed by atoms with Gasteiger partial charge in [-0.25, -0.2) is 18.9 Å². The van der Waals surface area contributed by atoms with Gasteiger partial charge in [0, 0.05) is 18.8 Å². The van der Waals surface area contributed by atoms with Gasteiger partial charge in [0.2, 0.25) is 11.6 Å². The molecule has 3 heterocycles. The smallest absolute Gasteiger partial charge is 0.351 e. The number of aryl methyl sites for hydroxylation is 1. The minimum Gasteiger partial charge on any atom is -0.466 e. The van der Waals surface area contributed by atoms with E-state index in [0.29, 0.717) is 60.7 Å². The van der Waals surface area contributed by atoms with Crippen molar-refractivity contribution < 1.29 is 14.3 Å². The number of nitrogens with one attached hydrogen (secondary N) is 1. The quantitative estimate of drug-likeness (QED) is 0.416. The van der Waals surface area contributed by atoms with Crippen molar-refractivity contribution in [2.45, 2.75) is 33.2 Å². The van der Waals surface area contributed by atoms with Crippen molar-refractivity contribution in [3.05, 3.63) is 64.6 Å². The van der Waals surface area contributed by atoms with E-state index < -0.39 is 5.69 Å². The summed E-state index contributed by atoms with van der Waals surface area (Å²) in [6, 6.07) is 14.8. The first kappa shape index (κ1) is 23.5. The average Bonchev–Trinajstić information content (AvgIpc) is 3.21. The lowest BCUT2D eigenvalue weighted by Gasteiger charge is -2.31. The highest BCUT2D eigenvalue weighted by Crippen LogP contribution is 2.27. The van der Waals surface area contributed by atoms with Crippen LogP contribution in [-0.4, -0.2) is 50.7 Å². The monoisotopic (exact) mass is 488 g/mol. The number of hydrogen-bond donors (Lipinski definition) is 1. The maximum atomic E-state index is 13.4. The molecular formula is C26H28N6O4. The molecule has 10 heteroatoms. The SMILES string of the molecule is CCOC(=O)C1CCN(c2nc3ccccc3n3c(=O)n(CC(=O)Nc4ccc(C)cc4)nc23)CC1. The summed E-state index contributed by atoms with van der Waals surface area (Å²) in [6.45, 7) is 5.07. The Morgan fingerprint density at radius 3 is 2.53 bits per heavy atom. The lowest BCUT2D eigenvalue weighted by atomic mass is 9.97. The number of anilines is 2. The maximum absolute atomic E-state index is 13.4. The van der Waals surface area contributed by atoms with Crippen molar-refractivity contribution in [2.24, 2.45) is 5.92 Å². The van der Waals surface area contributed by atoms with Gasteiger partial charge in [0.25, 0.3) is 0 Å². The number of aromatic nitrogens is 4. The number of fused-ring (bicyclic) bond motifs is 3. The number of esters is 1. The zero-order valence-electron chi connectivity index (χ0n) is 20.3. The number of hydrogen-bond acceptors (Lipinski definition) is 7. The fourth-order valence-electron chi connectivity index (χ4n) is 4.56. The van der Waals surface area contributed by atoms with E-state index in [9.17, 15) is 14.4 Å². The molecule has 0 bridgehead atoms. The topological polar surface area (TPSA) is 111 Å². The first-order chi connectivity index (χ1) is 17.4. The van der Waals surface area contributed by atoms with E-state index in [2.05, 4.69) is 10.4 Å². The van der Waals surface area contributed by atoms with Gasteiger partial charge >= 0.3 is 11.7 Å². The van der Waals surface area contributed by atoms with E-state index >= 15 is 0 Å². The summed E-state index contributed by atoms with van der Waals surface area (Å²) >= 11 is 0. The number of rotatable bonds is 6. The summed E-state index contributed by atoms with van der Waals surface area (Å²) in [5, 5.41) is 7.34. The molecule has 5 rings (SSSR count). The van der Waals surface area contributed by atoms with Crippen molar-refractivity contribution in [3.63, 3.8) is 0 Å². The first-order valence-electron chi connectivity index (χ1n) is 12.1. The fourth-order valence-corrected chi connectivity index (χ4v) is 4.56. The number of benzene rings is 2. The van der Waals surface area contributed by atoms with Crippen LogP contribution in [0.1, 0.15) is 25.3 Å². The molecule has 2 aromatic heterocycles. The third-order valence-corrected chi connectivity index (χ3v) is 6.43. The molecule has 1 amide bonds. The second-order valence-corrected chi connectivity index (χ2v) is 8.95. The van der Waals surface area contributed by atoms with Gasteiger partial charge in [0.05, 0.1) is 23.6 Å². The first-order valence-corrected chi connectivity index (χ1v) is 12.1. The highest BCUT2D eigenvalue weighted by Gasteiger charge is 2.29. The number of piperidine rings is 1. The molecule has 1 aliphatic rings. The Kier molecular flexibility index (Phi) is 6.41. The summed E-state index contributed by atoms with van der Waals surface area (Å²) in [4.78, 5) is 45.1. The van der Waals surface area contributed by atoms with Crippen molar-refractivity contribution >= 4 is 40.1 Å². The van der Waals surface area contributed by atoms with E-state index in [4.69, 9.17) is 9.72 Å². The van der Waals surface area contributed by atoms with Crippen LogP contribution in [0.5, 0.6) is 0 Å². The molecule has 1 aliphatic heterocycles. The molecule has 0 radical (unpaired) electrons. The molecule has 1 saturated heterocycles. The van der Waals surface area contributed by atoms with Gasteiger partial charge < -0.3 is 15.0 Å². The normalized spacial score (nSPS) is 14.3. The predicted molar refractivity (Wildman–Crippen MR) is 136 cm³/mol. The van der Waals surface area contributed by atoms with Gasteiger partial charge in [0.15, 0.2) is 5.82 Å². The number of amides is 1. The maximum Gasteiger partial charge on any atom is 0.351 e. The zero-order chi connectivity index (χ0) is 25.2. The van der Waals surface area contributed by atoms with Gasteiger partial charge in [0.1, 0.15) is 6.54 Å². The zero-order valence-corrected chi connectivity index (χ0v) is 20.3. The summed E-state index contributed by atoms with van der Waals surface area (Å²) in [7, 11) is 0. The number of nitrogens with zero attached hydrogens (tertiary/aromatic N) is 5. The van der Waals surface area contributed by atoms with Crippen LogP contribution in [0.3, 0.4) is 0 Å². The lowest BCUT2D eigenvalue weighted by Crippen LogP contribution is -2.37. The van der Waals surface area contributed by atoms with E-state index in [1.165, 1.54) is 9.08 Å². The Labute approximate surface area is 207 Å². The predicted octanol–water partition coefficient (Wildman–Crippen LogP) is 2.77. The molecule has 0 aliphatic carbocycles. The van der Waals surface area contributed by atoms with E-state index in [-0.39, 0.29) is 24.3 Å². The average molecular weight is 489 g/mol. The Balaban J connectivity index is 1.47. The highest BCUT2D eigenvalue weighted by molar-refractivity contribution is 5.90. The van der Waals surface area contributed by atoms with Crippen LogP contribution in [0.15, 0.2) is 53.3 Å². The largest absolute Gasteiger partial charge is 0.466 e. The second kappa shape index (κ2) is 9.80. The number of ether oxygens (including phenoxy) is 1. The molecule has 36 heavy (non-hydrogen) atoms. The third kappa shape index (κ3) is 4.53. The van der Waals surface area contributed by atoms with Gasteiger partial charge in [-0.15, -0.1) is 5.10 Å². The second-order valence-electron chi connectivity index (χ2n) is 8.95. The minimum absolute atomic E-state index is 0.150. The Hall–Kier alpha value is -4.21. The van der Waals surface area contributed by atoms with Gasteiger partial charge in [-0.05, 0) is 51.0 Å². The molecule has 0 spiro atoms. The molecule has 0 unspecified atom stereocenters. The van der Waals surface area contributed by atoms with Crippen LogP contribution < -0.4 is 15.9 Å². The number of carbonyl (C=O) groups is 2. The molecule has 0 saturated carbocycles. The van der Waals surface area contributed by atoms with Crippen LogP contribution in [0.4, 0.5) is 11.5 Å². The van der Waals surface area contributed by atoms with Crippen molar-refractivity contribution in [1.82, 2.24) is 19.2 Å². The van der Waals surface area contributed by atoms with Gasteiger partial charge in [-0.3, -0.25) is 9.59 Å². The van der Waals surface area contributed by atoms with Crippen LogP contribution in [0.25, 0.3) is 16.7 Å². The summed E-state index contributed by atoms with van der Waals surface area (Å²) in [5.74, 6) is -0.110. The van der Waals surface area contributed by atoms with Crippen molar-refractivity contribution in [1.29, 1.82) is 0 Å². The van der Waals surface area contributed by atoms with Crippen molar-refractivity contribution in [3.8, 4) is 0 Å². The molecule has 4 aromatic rings. The molecular weight excluding hydrogens is 460 g/mol. The summed E-state index contributed by atoms with van der Waals surface area (Å²) in [5.41, 5.74) is 2.98. The number of para-hydroxylation sites is 2. The molecule has 0 atom stereocenters. The molecule has 186 valence electrons. The Bertz CT molecular complexity index is 1480. The fraction of sp³-hybridized carbons (Fsp3) is 0.346. The summed E-state index contributed by atoms with van der Waals surface area (Å²) in [6.07, 6.45) is 1.26. The lowest BCUT2D eigenvalue weighted by molar-refractivity contribution is -0.148. The van der Waals surface area contributed by atoms with Crippen LogP contribution in [0.2, 0.25) is 0 Å². The van der Waals surface area contributed by atoms with Gasteiger partial charge in [-0.2, -0.15) is 0 Å². The Morgan fingerprint density at radius 1 is 1.08 bits per heavy atom. The number of carbonyl (C=O) groups excluding carboxylic acids is 2. The minimum atomic E-state index is -0.412. The van der Waals surface area contributed by atoms with E-state index in [1.54, 1.807) is 6.92 Å². The molecule has 1 N–H and O–H groups in total. The molecule has 2 aromatic carbocycles. The summed E-state index contributed by atoms with van der Waals surface area (Å²) < 4.78 is 7.86.